The number of amides is 4. The van der Waals surface area contributed by atoms with E-state index in [1.54, 1.807) is 43.0 Å². The number of benzene rings is 1. The summed E-state index contributed by atoms with van der Waals surface area (Å²) in [4.78, 5) is 44.7. The van der Waals surface area contributed by atoms with Crippen LogP contribution in [0.4, 0.5) is 10.5 Å². The van der Waals surface area contributed by atoms with Crippen molar-refractivity contribution in [3.63, 3.8) is 0 Å². The summed E-state index contributed by atoms with van der Waals surface area (Å²) in [6, 6.07) is 5.16. The number of nitriles is 1. The minimum absolute atomic E-state index is 0.152. The number of H-pyrrole nitrogens is 1. The van der Waals surface area contributed by atoms with Gasteiger partial charge >= 0.3 is 6.03 Å². The SMILES string of the molecule is CC(C)CC(NC(=O)c1ccc(NC(=O)NCCc2cnc[nH]2)cc1)C(=O)N(C)C#N. The number of rotatable bonds is 9. The molecule has 10 nitrogen and oxygen atoms in total. The molecule has 0 bridgehead atoms. The van der Waals surface area contributed by atoms with E-state index < -0.39 is 17.9 Å². The Morgan fingerprint density at radius 1 is 1.23 bits per heavy atom. The number of carbonyl (C=O) groups excluding carboxylic acids is 3. The van der Waals surface area contributed by atoms with Crippen molar-refractivity contribution < 1.29 is 14.4 Å². The van der Waals surface area contributed by atoms with Gasteiger partial charge in [0.1, 0.15) is 6.04 Å². The van der Waals surface area contributed by atoms with Gasteiger partial charge in [-0.05, 0) is 36.6 Å². The van der Waals surface area contributed by atoms with Crippen LogP contribution >= 0.6 is 0 Å². The monoisotopic (exact) mass is 425 g/mol. The second kappa shape index (κ2) is 11.3. The van der Waals surface area contributed by atoms with Gasteiger partial charge in [-0.3, -0.25) is 14.5 Å². The largest absolute Gasteiger partial charge is 0.348 e. The number of likely N-dealkylation sites (N-methyl/N-ethyl adjacent to an activating group) is 1. The quantitative estimate of drug-likeness (QED) is 0.358. The lowest BCUT2D eigenvalue weighted by Gasteiger charge is -2.21. The first-order chi connectivity index (χ1) is 14.8. The molecule has 1 aromatic carbocycles. The van der Waals surface area contributed by atoms with Gasteiger partial charge in [-0.2, -0.15) is 5.26 Å². The van der Waals surface area contributed by atoms with Gasteiger partial charge in [-0.15, -0.1) is 0 Å². The maximum absolute atomic E-state index is 12.6. The first-order valence-corrected chi connectivity index (χ1v) is 9.90. The van der Waals surface area contributed by atoms with Gasteiger partial charge < -0.3 is 20.9 Å². The van der Waals surface area contributed by atoms with Crippen molar-refractivity contribution >= 4 is 23.5 Å². The van der Waals surface area contributed by atoms with E-state index in [1.807, 2.05) is 13.8 Å². The minimum atomic E-state index is -0.796. The topological polar surface area (TPSA) is 143 Å². The maximum atomic E-state index is 12.6. The van der Waals surface area contributed by atoms with Crippen LogP contribution in [0.15, 0.2) is 36.8 Å². The summed E-state index contributed by atoms with van der Waals surface area (Å²) in [7, 11) is 1.36. The number of hydrogen-bond acceptors (Lipinski definition) is 5. The molecule has 10 heteroatoms. The fourth-order valence-electron chi connectivity index (χ4n) is 2.83. The lowest BCUT2D eigenvalue weighted by Crippen LogP contribution is -2.46. The van der Waals surface area contributed by atoms with Gasteiger partial charge in [0, 0.05) is 43.2 Å². The molecular formula is C21H27N7O3. The number of imidazole rings is 1. The fourth-order valence-corrected chi connectivity index (χ4v) is 2.83. The summed E-state index contributed by atoms with van der Waals surface area (Å²) < 4.78 is 0. The summed E-state index contributed by atoms with van der Waals surface area (Å²) in [5, 5.41) is 17.1. The van der Waals surface area contributed by atoms with Crippen LogP contribution in [0, 0.1) is 17.4 Å². The Bertz CT molecular complexity index is 917. The zero-order valence-electron chi connectivity index (χ0n) is 17.8. The van der Waals surface area contributed by atoms with E-state index in [1.165, 1.54) is 7.05 Å². The molecule has 164 valence electrons. The number of aromatic nitrogens is 2. The van der Waals surface area contributed by atoms with Crippen molar-refractivity contribution in [1.82, 2.24) is 25.5 Å². The Morgan fingerprint density at radius 2 is 1.94 bits per heavy atom. The summed E-state index contributed by atoms with van der Waals surface area (Å²) in [5.41, 5.74) is 1.78. The molecule has 0 saturated carbocycles. The predicted octanol–water partition coefficient (Wildman–Crippen LogP) is 1.86. The molecule has 2 aromatic rings. The highest BCUT2D eigenvalue weighted by molar-refractivity contribution is 5.98. The second-order valence-electron chi connectivity index (χ2n) is 7.44. The zero-order valence-corrected chi connectivity index (χ0v) is 17.8. The van der Waals surface area contributed by atoms with E-state index >= 15 is 0 Å². The van der Waals surface area contributed by atoms with E-state index in [0.29, 0.717) is 30.6 Å². The first-order valence-electron chi connectivity index (χ1n) is 9.90. The highest BCUT2D eigenvalue weighted by atomic mass is 16.2. The summed E-state index contributed by atoms with van der Waals surface area (Å²) in [6.07, 6.45) is 6.08. The van der Waals surface area contributed by atoms with Crippen LogP contribution in [-0.4, -0.2) is 52.3 Å². The summed E-state index contributed by atoms with van der Waals surface area (Å²) >= 11 is 0. The molecule has 0 aliphatic carbocycles. The van der Waals surface area contributed by atoms with Crippen LogP contribution in [0.25, 0.3) is 0 Å². The third-order valence-electron chi connectivity index (χ3n) is 4.43. The molecule has 0 radical (unpaired) electrons. The zero-order chi connectivity index (χ0) is 22.8. The molecule has 0 aliphatic heterocycles. The molecule has 1 unspecified atom stereocenters. The number of carbonyl (C=O) groups is 3. The highest BCUT2D eigenvalue weighted by Crippen LogP contribution is 2.12. The molecule has 1 atom stereocenters. The number of anilines is 1. The van der Waals surface area contributed by atoms with Crippen LogP contribution in [0.1, 0.15) is 36.3 Å². The van der Waals surface area contributed by atoms with Gasteiger partial charge in [0.25, 0.3) is 11.8 Å². The Labute approximate surface area is 181 Å². The first kappa shape index (κ1) is 23.4. The molecule has 31 heavy (non-hydrogen) atoms. The van der Waals surface area contributed by atoms with Crippen molar-refractivity contribution in [3.05, 3.63) is 48.0 Å². The Morgan fingerprint density at radius 3 is 2.52 bits per heavy atom. The number of urea groups is 1. The smallest absolute Gasteiger partial charge is 0.319 e. The van der Waals surface area contributed by atoms with Crippen molar-refractivity contribution in [3.8, 4) is 6.19 Å². The normalized spacial score (nSPS) is 11.3. The van der Waals surface area contributed by atoms with Crippen molar-refractivity contribution in [2.24, 2.45) is 5.92 Å². The number of nitrogens with zero attached hydrogens (tertiary/aromatic N) is 3. The highest BCUT2D eigenvalue weighted by Gasteiger charge is 2.25. The molecule has 1 aromatic heterocycles. The van der Waals surface area contributed by atoms with Crippen LogP contribution in [0.2, 0.25) is 0 Å². The fraction of sp³-hybridized carbons (Fsp3) is 0.381. The van der Waals surface area contributed by atoms with Gasteiger partial charge in [-0.1, -0.05) is 13.8 Å². The molecule has 0 fully saturated rings. The Hall–Kier alpha value is -3.87. The van der Waals surface area contributed by atoms with E-state index in [2.05, 4.69) is 25.9 Å². The van der Waals surface area contributed by atoms with Crippen LogP contribution in [-0.2, 0) is 11.2 Å². The molecule has 4 N–H and O–H groups in total. The summed E-state index contributed by atoms with van der Waals surface area (Å²) in [6.45, 7) is 4.30. The van der Waals surface area contributed by atoms with Gasteiger partial charge in [-0.25, -0.2) is 9.78 Å². The molecule has 4 amide bonds. The lowest BCUT2D eigenvalue weighted by molar-refractivity contribution is -0.129. The molecule has 0 saturated heterocycles. The van der Waals surface area contributed by atoms with E-state index in [9.17, 15) is 14.4 Å². The second-order valence-corrected chi connectivity index (χ2v) is 7.44. The average Bonchev–Trinajstić information content (AvgIpc) is 3.25. The van der Waals surface area contributed by atoms with Crippen molar-refractivity contribution in [2.45, 2.75) is 32.7 Å². The third-order valence-corrected chi connectivity index (χ3v) is 4.43. The van der Waals surface area contributed by atoms with Gasteiger partial charge in [0.15, 0.2) is 6.19 Å². The molecular weight excluding hydrogens is 398 g/mol. The number of nitrogens with one attached hydrogen (secondary N) is 4. The predicted molar refractivity (Wildman–Crippen MR) is 115 cm³/mol. The van der Waals surface area contributed by atoms with E-state index in [0.717, 1.165) is 10.6 Å². The third kappa shape index (κ3) is 7.47. The molecule has 2 rings (SSSR count). The molecule has 0 spiro atoms. The summed E-state index contributed by atoms with van der Waals surface area (Å²) in [5.74, 6) is -0.741. The maximum Gasteiger partial charge on any atom is 0.319 e. The minimum Gasteiger partial charge on any atom is -0.348 e. The number of hydrogen-bond donors (Lipinski definition) is 4. The van der Waals surface area contributed by atoms with E-state index in [-0.39, 0.29) is 11.9 Å². The molecule has 1 heterocycles. The Balaban J connectivity index is 1.90. The standard InChI is InChI=1S/C21H27N7O3/c1-14(2)10-18(20(30)28(3)12-22)27-19(29)15-4-6-16(7-5-15)26-21(31)24-9-8-17-11-23-13-25-17/h4-7,11,13-14,18H,8-10H2,1-3H3,(H,23,25)(H,27,29)(H2,24,26,31). The Kier molecular flexibility index (Phi) is 8.57. The van der Waals surface area contributed by atoms with Crippen molar-refractivity contribution in [2.75, 3.05) is 18.9 Å². The van der Waals surface area contributed by atoms with Gasteiger partial charge in [0.2, 0.25) is 0 Å². The van der Waals surface area contributed by atoms with Crippen LogP contribution < -0.4 is 16.0 Å². The van der Waals surface area contributed by atoms with Crippen LogP contribution in [0.3, 0.4) is 0 Å². The lowest BCUT2D eigenvalue weighted by atomic mass is 10.0. The van der Waals surface area contributed by atoms with Crippen LogP contribution in [0.5, 0.6) is 0 Å². The molecule has 0 aliphatic rings. The number of aromatic amines is 1. The van der Waals surface area contributed by atoms with E-state index in [4.69, 9.17) is 5.26 Å². The van der Waals surface area contributed by atoms with Crippen molar-refractivity contribution in [1.29, 1.82) is 5.26 Å². The van der Waals surface area contributed by atoms with Gasteiger partial charge in [0.05, 0.1) is 6.33 Å². The average molecular weight is 425 g/mol.